The third-order valence-corrected chi connectivity index (χ3v) is 3.88. The lowest BCUT2D eigenvalue weighted by Crippen LogP contribution is -2.24. The van der Waals surface area contributed by atoms with E-state index >= 15 is 0 Å². The van der Waals surface area contributed by atoms with Crippen molar-refractivity contribution in [2.24, 2.45) is 0 Å². The average Bonchev–Trinajstić information content (AvgIpc) is 2.68. The number of fused-ring (bicyclic) bond motifs is 1. The summed E-state index contributed by atoms with van der Waals surface area (Å²) >= 11 is 1.39. The van der Waals surface area contributed by atoms with Gasteiger partial charge in [0.2, 0.25) is 0 Å². The Bertz CT molecular complexity index is 594. The minimum Gasteiger partial charge on any atom is -0.480 e. The molecule has 0 spiro atoms. The molecule has 0 bridgehead atoms. The molecular formula is C12H16N3O2S+. The van der Waals surface area contributed by atoms with E-state index in [0.717, 1.165) is 22.9 Å². The predicted molar refractivity (Wildman–Crippen MR) is 69.6 cm³/mol. The van der Waals surface area contributed by atoms with Crippen molar-refractivity contribution >= 4 is 23.5 Å². The van der Waals surface area contributed by atoms with Crippen LogP contribution in [-0.2, 0) is 10.5 Å². The fourth-order valence-corrected chi connectivity index (χ4v) is 2.45. The van der Waals surface area contributed by atoms with Crippen LogP contribution in [0.1, 0.15) is 24.0 Å². The van der Waals surface area contributed by atoms with Gasteiger partial charge < -0.3 is 5.11 Å². The maximum Gasteiger partial charge on any atom is 0.401 e. The first kappa shape index (κ1) is 12.9. The molecule has 0 aliphatic rings. The number of thioether (sulfide) groups is 1. The maximum atomic E-state index is 10.7. The van der Waals surface area contributed by atoms with Crippen LogP contribution in [0.3, 0.4) is 0 Å². The Labute approximate surface area is 109 Å². The zero-order valence-corrected chi connectivity index (χ0v) is 11.4. The van der Waals surface area contributed by atoms with Gasteiger partial charge in [0.25, 0.3) is 0 Å². The number of hydrogen-bond donors (Lipinski definition) is 2. The third-order valence-electron chi connectivity index (χ3n) is 2.70. The second-order valence-electron chi connectivity index (χ2n) is 4.30. The zero-order chi connectivity index (χ0) is 13.3. The number of aromatic nitrogens is 3. The summed E-state index contributed by atoms with van der Waals surface area (Å²) in [6, 6.07) is 2.01. The molecule has 0 saturated heterocycles. The van der Waals surface area contributed by atoms with E-state index in [9.17, 15) is 4.79 Å². The minimum absolute atomic E-state index is 0.405. The number of hydrogen-bond acceptors (Lipinski definition) is 3. The summed E-state index contributed by atoms with van der Waals surface area (Å²) in [5.41, 5.74) is 3.05. The molecule has 18 heavy (non-hydrogen) atoms. The molecule has 2 aromatic rings. The van der Waals surface area contributed by atoms with Crippen LogP contribution in [0, 0.1) is 13.8 Å². The van der Waals surface area contributed by atoms with E-state index in [0.29, 0.717) is 5.75 Å². The standard InChI is InChI=1S/C12H15N3O2S/c1-7-4-8(2)15-5-10(14-12(15)13-7)6-18-9(3)11(16)17/h4-5,9H,6H2,1-3H3,(H,16,17)/p+1/t9-/m1/s1. The van der Waals surface area contributed by atoms with E-state index < -0.39 is 11.2 Å². The van der Waals surface area contributed by atoms with Gasteiger partial charge in [-0.3, -0.25) is 4.79 Å². The van der Waals surface area contributed by atoms with Crippen LogP contribution in [0.2, 0.25) is 0 Å². The predicted octanol–water partition coefficient (Wildman–Crippen LogP) is 1.47. The third kappa shape index (κ3) is 2.64. The van der Waals surface area contributed by atoms with Crippen LogP contribution in [0.5, 0.6) is 0 Å². The molecule has 0 aliphatic heterocycles. The lowest BCUT2D eigenvalue weighted by atomic mass is 10.3. The Hall–Kier alpha value is -1.56. The Kier molecular flexibility index (Phi) is 3.56. The fraction of sp³-hybridized carbons (Fsp3) is 0.417. The molecule has 1 atom stereocenters. The molecule has 0 saturated carbocycles. The molecule has 5 nitrogen and oxygen atoms in total. The van der Waals surface area contributed by atoms with Crippen molar-refractivity contribution in [3.63, 3.8) is 0 Å². The second kappa shape index (κ2) is 4.97. The molecule has 2 N–H and O–H groups in total. The highest BCUT2D eigenvalue weighted by Crippen LogP contribution is 2.16. The van der Waals surface area contributed by atoms with Gasteiger partial charge in [-0.15, -0.1) is 11.8 Å². The highest BCUT2D eigenvalue weighted by atomic mass is 32.2. The van der Waals surface area contributed by atoms with E-state index in [2.05, 4.69) is 9.97 Å². The molecule has 2 aromatic heterocycles. The van der Waals surface area contributed by atoms with Gasteiger partial charge in [-0.05, 0) is 20.8 Å². The first-order valence-corrected chi connectivity index (χ1v) is 6.74. The second-order valence-corrected chi connectivity index (χ2v) is 5.63. The van der Waals surface area contributed by atoms with Gasteiger partial charge in [0.05, 0.1) is 16.7 Å². The molecule has 2 heterocycles. The van der Waals surface area contributed by atoms with E-state index in [-0.39, 0.29) is 0 Å². The van der Waals surface area contributed by atoms with Crippen molar-refractivity contribution in [3.8, 4) is 0 Å². The quantitative estimate of drug-likeness (QED) is 0.822. The molecule has 96 valence electrons. The summed E-state index contributed by atoms with van der Waals surface area (Å²) < 4.78 is 1.98. The van der Waals surface area contributed by atoms with Crippen molar-refractivity contribution in [2.75, 3.05) is 0 Å². The van der Waals surface area contributed by atoms with E-state index in [1.807, 2.05) is 30.5 Å². The number of carbonyl (C=O) groups is 1. The molecule has 0 aromatic carbocycles. The lowest BCUT2D eigenvalue weighted by molar-refractivity contribution is -0.520. The van der Waals surface area contributed by atoms with Gasteiger partial charge in [-0.25, -0.2) is 9.38 Å². The molecular weight excluding hydrogens is 250 g/mol. The Morgan fingerprint density at radius 3 is 3.00 bits per heavy atom. The molecule has 2 rings (SSSR count). The monoisotopic (exact) mass is 266 g/mol. The highest BCUT2D eigenvalue weighted by molar-refractivity contribution is 7.99. The lowest BCUT2D eigenvalue weighted by Gasteiger charge is -2.02. The van der Waals surface area contributed by atoms with E-state index in [4.69, 9.17) is 5.11 Å². The molecule has 0 unspecified atom stereocenters. The summed E-state index contributed by atoms with van der Waals surface area (Å²) in [6.07, 6.45) is 1.97. The first-order chi connectivity index (χ1) is 8.47. The van der Waals surface area contributed by atoms with Crippen LogP contribution in [0.4, 0.5) is 0 Å². The number of carboxylic acids is 1. The van der Waals surface area contributed by atoms with Crippen molar-refractivity contribution in [2.45, 2.75) is 31.8 Å². The van der Waals surface area contributed by atoms with Gasteiger partial charge in [0.15, 0.2) is 0 Å². The molecule has 0 radical (unpaired) electrons. The number of aryl methyl sites for hydroxylation is 2. The normalized spacial score (nSPS) is 12.8. The highest BCUT2D eigenvalue weighted by Gasteiger charge is 2.16. The summed E-state index contributed by atoms with van der Waals surface area (Å²) in [5.74, 6) is 0.648. The van der Waals surface area contributed by atoms with Crippen LogP contribution < -0.4 is 4.40 Å². The van der Waals surface area contributed by atoms with Gasteiger partial charge in [0.1, 0.15) is 17.6 Å². The molecule has 0 amide bonds. The zero-order valence-electron chi connectivity index (χ0n) is 10.6. The number of carboxylic acid groups (broad SMARTS) is 1. The van der Waals surface area contributed by atoms with Crippen LogP contribution in [-0.4, -0.2) is 26.3 Å². The van der Waals surface area contributed by atoms with E-state index in [1.165, 1.54) is 11.8 Å². The van der Waals surface area contributed by atoms with Crippen LogP contribution in [0.25, 0.3) is 5.78 Å². The Balaban J connectivity index is 2.20. The SMILES string of the molecule is Cc1cc(C)[n+]2cc(CS[C@H](C)C(=O)O)[nH]c2n1. The Morgan fingerprint density at radius 1 is 1.61 bits per heavy atom. The summed E-state index contributed by atoms with van der Waals surface area (Å²) in [7, 11) is 0. The molecule has 0 fully saturated rings. The van der Waals surface area contributed by atoms with Gasteiger partial charge in [0, 0.05) is 6.07 Å². The number of rotatable bonds is 4. The van der Waals surface area contributed by atoms with Gasteiger partial charge in [-0.2, -0.15) is 0 Å². The molecule has 0 aliphatic carbocycles. The number of aromatic amines is 1. The maximum absolute atomic E-state index is 10.7. The van der Waals surface area contributed by atoms with Crippen molar-refractivity contribution < 1.29 is 14.3 Å². The van der Waals surface area contributed by atoms with E-state index in [1.54, 1.807) is 6.92 Å². The number of nitrogens with zero attached hydrogens (tertiary/aromatic N) is 2. The fourth-order valence-electron chi connectivity index (χ4n) is 1.73. The summed E-state index contributed by atoms with van der Waals surface area (Å²) in [5, 5.41) is 8.43. The Morgan fingerprint density at radius 2 is 2.33 bits per heavy atom. The molecule has 6 heteroatoms. The number of nitrogens with one attached hydrogen (secondary N) is 1. The van der Waals surface area contributed by atoms with Crippen molar-refractivity contribution in [3.05, 3.63) is 29.3 Å². The number of aliphatic carboxylic acids is 1. The van der Waals surface area contributed by atoms with Crippen molar-refractivity contribution in [1.82, 2.24) is 9.97 Å². The largest absolute Gasteiger partial charge is 0.480 e. The average molecular weight is 266 g/mol. The van der Waals surface area contributed by atoms with Gasteiger partial charge in [-0.1, -0.05) is 4.98 Å². The smallest absolute Gasteiger partial charge is 0.401 e. The summed E-state index contributed by atoms with van der Waals surface area (Å²) in [6.45, 7) is 5.66. The first-order valence-electron chi connectivity index (χ1n) is 5.69. The van der Waals surface area contributed by atoms with Crippen molar-refractivity contribution in [1.29, 1.82) is 0 Å². The number of H-pyrrole nitrogens is 1. The minimum atomic E-state index is -0.783. The topological polar surface area (TPSA) is 70.1 Å². The van der Waals surface area contributed by atoms with Gasteiger partial charge >= 0.3 is 11.7 Å². The summed E-state index contributed by atoms with van der Waals surface area (Å²) in [4.78, 5) is 18.4. The van der Waals surface area contributed by atoms with Crippen LogP contribution >= 0.6 is 11.8 Å². The number of imidazole rings is 1. The van der Waals surface area contributed by atoms with Crippen LogP contribution in [0.15, 0.2) is 12.3 Å².